The summed E-state index contributed by atoms with van der Waals surface area (Å²) >= 11 is 0. The first-order valence-electron chi connectivity index (χ1n) is 4.48. The second-order valence-electron chi connectivity index (χ2n) is 3.09. The summed E-state index contributed by atoms with van der Waals surface area (Å²) in [6.45, 7) is 0.696. The summed E-state index contributed by atoms with van der Waals surface area (Å²) in [7, 11) is 0. The van der Waals surface area contributed by atoms with Gasteiger partial charge in [0.15, 0.2) is 0 Å². The Morgan fingerprint density at radius 3 is 2.62 bits per heavy atom. The smallest absolute Gasteiger partial charge is 0.125 e. The molecule has 0 unspecified atom stereocenters. The van der Waals surface area contributed by atoms with Crippen molar-refractivity contribution in [2.75, 3.05) is 12.3 Å². The highest BCUT2D eigenvalue weighted by atomic mass is 19.1. The van der Waals surface area contributed by atoms with Gasteiger partial charge in [-0.2, -0.15) is 0 Å². The third-order valence-corrected chi connectivity index (χ3v) is 2.01. The molecule has 1 aromatic carbocycles. The van der Waals surface area contributed by atoms with Crippen LogP contribution < -0.4 is 11.5 Å². The van der Waals surface area contributed by atoms with Crippen LogP contribution >= 0.6 is 0 Å². The van der Waals surface area contributed by atoms with E-state index in [4.69, 9.17) is 11.5 Å². The lowest BCUT2D eigenvalue weighted by Crippen LogP contribution is -2.00. The van der Waals surface area contributed by atoms with E-state index < -0.39 is 0 Å². The molecule has 0 atom stereocenters. The lowest BCUT2D eigenvalue weighted by Gasteiger charge is -2.04. The van der Waals surface area contributed by atoms with E-state index in [2.05, 4.69) is 0 Å². The molecule has 2 nitrogen and oxygen atoms in total. The van der Waals surface area contributed by atoms with Crippen LogP contribution in [0.2, 0.25) is 0 Å². The minimum Gasteiger partial charge on any atom is -0.398 e. The summed E-state index contributed by atoms with van der Waals surface area (Å²) in [5, 5.41) is 0. The van der Waals surface area contributed by atoms with Gasteiger partial charge in [-0.05, 0) is 43.5 Å². The molecule has 0 saturated heterocycles. The van der Waals surface area contributed by atoms with Crippen molar-refractivity contribution in [3.63, 3.8) is 0 Å². The molecule has 0 aromatic heterocycles. The summed E-state index contributed by atoms with van der Waals surface area (Å²) in [5.74, 6) is -0.278. The van der Waals surface area contributed by atoms with Crippen molar-refractivity contribution >= 4 is 5.69 Å². The van der Waals surface area contributed by atoms with E-state index in [-0.39, 0.29) is 5.82 Å². The van der Waals surface area contributed by atoms with Crippen LogP contribution in [0.1, 0.15) is 18.4 Å². The minimum absolute atomic E-state index is 0.278. The zero-order chi connectivity index (χ0) is 9.68. The predicted molar refractivity (Wildman–Crippen MR) is 52.8 cm³/mol. The summed E-state index contributed by atoms with van der Waals surface area (Å²) < 4.78 is 12.6. The zero-order valence-corrected chi connectivity index (χ0v) is 7.59. The van der Waals surface area contributed by atoms with E-state index in [1.807, 2.05) is 0 Å². The fourth-order valence-electron chi connectivity index (χ4n) is 1.25. The van der Waals surface area contributed by atoms with E-state index >= 15 is 0 Å². The summed E-state index contributed by atoms with van der Waals surface area (Å²) in [5.41, 5.74) is 12.5. The normalized spacial score (nSPS) is 10.3. The second-order valence-corrected chi connectivity index (χ2v) is 3.09. The average molecular weight is 182 g/mol. The number of benzene rings is 1. The van der Waals surface area contributed by atoms with E-state index in [9.17, 15) is 4.39 Å². The standard InChI is InChI=1S/C10H15FN2/c11-9-5-4-8(10(13)7-9)3-1-2-6-12/h4-5,7H,1-3,6,12-13H2. The van der Waals surface area contributed by atoms with Gasteiger partial charge in [-0.3, -0.25) is 0 Å². The maximum atomic E-state index is 12.6. The predicted octanol–water partition coefficient (Wildman–Crippen LogP) is 1.69. The molecule has 0 aliphatic carbocycles. The summed E-state index contributed by atoms with van der Waals surface area (Å²) in [4.78, 5) is 0. The number of rotatable bonds is 4. The molecule has 1 rings (SSSR count). The summed E-state index contributed by atoms with van der Waals surface area (Å²) in [6.07, 6.45) is 2.87. The van der Waals surface area contributed by atoms with E-state index in [1.54, 1.807) is 6.07 Å². The Morgan fingerprint density at radius 2 is 2.00 bits per heavy atom. The van der Waals surface area contributed by atoms with Crippen LogP contribution in [0.4, 0.5) is 10.1 Å². The van der Waals surface area contributed by atoms with E-state index in [1.165, 1.54) is 12.1 Å². The third-order valence-electron chi connectivity index (χ3n) is 2.01. The van der Waals surface area contributed by atoms with Crippen LogP contribution in [-0.4, -0.2) is 6.54 Å². The van der Waals surface area contributed by atoms with Crippen LogP contribution in [-0.2, 0) is 6.42 Å². The first-order valence-corrected chi connectivity index (χ1v) is 4.48. The van der Waals surface area contributed by atoms with Gasteiger partial charge in [0.05, 0.1) is 0 Å². The molecule has 72 valence electrons. The van der Waals surface area contributed by atoms with Crippen LogP contribution in [0.25, 0.3) is 0 Å². The highest BCUT2D eigenvalue weighted by Crippen LogP contribution is 2.15. The molecule has 0 spiro atoms. The van der Waals surface area contributed by atoms with Crippen LogP contribution in [0.3, 0.4) is 0 Å². The Kier molecular flexibility index (Phi) is 3.71. The molecule has 0 fully saturated rings. The molecule has 3 heteroatoms. The topological polar surface area (TPSA) is 52.0 Å². The maximum absolute atomic E-state index is 12.6. The van der Waals surface area contributed by atoms with Gasteiger partial charge in [0.2, 0.25) is 0 Å². The van der Waals surface area contributed by atoms with Gasteiger partial charge in [-0.15, -0.1) is 0 Å². The largest absolute Gasteiger partial charge is 0.398 e. The molecule has 0 heterocycles. The lowest BCUT2D eigenvalue weighted by molar-refractivity contribution is 0.627. The molecule has 0 aliphatic heterocycles. The van der Waals surface area contributed by atoms with E-state index in [0.717, 1.165) is 24.8 Å². The molecular formula is C10H15FN2. The Morgan fingerprint density at radius 1 is 1.23 bits per heavy atom. The Bertz CT molecular complexity index is 274. The van der Waals surface area contributed by atoms with Crippen molar-refractivity contribution in [3.05, 3.63) is 29.6 Å². The Balaban J connectivity index is 2.56. The average Bonchev–Trinajstić information content (AvgIpc) is 2.09. The minimum atomic E-state index is -0.278. The monoisotopic (exact) mass is 182 g/mol. The molecule has 13 heavy (non-hydrogen) atoms. The van der Waals surface area contributed by atoms with Crippen molar-refractivity contribution in [2.24, 2.45) is 5.73 Å². The fourth-order valence-corrected chi connectivity index (χ4v) is 1.25. The number of anilines is 1. The van der Waals surface area contributed by atoms with Gasteiger partial charge in [0.1, 0.15) is 5.82 Å². The lowest BCUT2D eigenvalue weighted by atomic mass is 10.1. The van der Waals surface area contributed by atoms with Gasteiger partial charge in [0, 0.05) is 5.69 Å². The number of hydrogen-bond acceptors (Lipinski definition) is 2. The van der Waals surface area contributed by atoms with Gasteiger partial charge < -0.3 is 11.5 Å². The molecule has 0 aliphatic rings. The van der Waals surface area contributed by atoms with Crippen LogP contribution in [0.5, 0.6) is 0 Å². The zero-order valence-electron chi connectivity index (χ0n) is 7.59. The van der Waals surface area contributed by atoms with Gasteiger partial charge in [0.25, 0.3) is 0 Å². The quantitative estimate of drug-likeness (QED) is 0.550. The molecule has 0 amide bonds. The highest BCUT2D eigenvalue weighted by molar-refractivity contribution is 5.46. The van der Waals surface area contributed by atoms with E-state index in [0.29, 0.717) is 12.2 Å². The Hall–Kier alpha value is -1.09. The van der Waals surface area contributed by atoms with Gasteiger partial charge in [-0.1, -0.05) is 6.07 Å². The molecule has 0 radical (unpaired) electrons. The number of halogens is 1. The molecule has 0 bridgehead atoms. The SMILES string of the molecule is NCCCCc1ccc(F)cc1N. The van der Waals surface area contributed by atoms with Crippen molar-refractivity contribution in [1.29, 1.82) is 0 Å². The first-order chi connectivity index (χ1) is 6.24. The first kappa shape index (κ1) is 9.99. The summed E-state index contributed by atoms with van der Waals surface area (Å²) in [6, 6.07) is 4.53. The number of hydrogen-bond donors (Lipinski definition) is 2. The third kappa shape index (κ3) is 3.03. The number of unbranched alkanes of at least 4 members (excludes halogenated alkanes) is 1. The van der Waals surface area contributed by atoms with Gasteiger partial charge >= 0.3 is 0 Å². The number of nitrogens with two attached hydrogens (primary N) is 2. The highest BCUT2D eigenvalue weighted by Gasteiger charge is 1.99. The van der Waals surface area contributed by atoms with Crippen molar-refractivity contribution in [1.82, 2.24) is 0 Å². The fraction of sp³-hybridized carbons (Fsp3) is 0.400. The molecular weight excluding hydrogens is 167 g/mol. The van der Waals surface area contributed by atoms with Crippen LogP contribution in [0.15, 0.2) is 18.2 Å². The molecule has 0 saturated carbocycles. The number of aryl methyl sites for hydroxylation is 1. The van der Waals surface area contributed by atoms with Crippen molar-refractivity contribution < 1.29 is 4.39 Å². The number of nitrogen functional groups attached to an aromatic ring is 1. The van der Waals surface area contributed by atoms with Gasteiger partial charge in [-0.25, -0.2) is 4.39 Å². The van der Waals surface area contributed by atoms with Crippen LogP contribution in [0, 0.1) is 5.82 Å². The maximum Gasteiger partial charge on any atom is 0.125 e. The van der Waals surface area contributed by atoms with Crippen molar-refractivity contribution in [2.45, 2.75) is 19.3 Å². The molecule has 1 aromatic rings. The molecule has 4 N–H and O–H groups in total. The Labute approximate surface area is 77.7 Å². The van der Waals surface area contributed by atoms with Crippen molar-refractivity contribution in [3.8, 4) is 0 Å². The second kappa shape index (κ2) is 4.82.